The second-order valence-electron chi connectivity index (χ2n) is 6.99. The molecule has 0 aliphatic carbocycles. The van der Waals surface area contributed by atoms with Crippen molar-refractivity contribution >= 4 is 32.1 Å². The predicted octanol–water partition coefficient (Wildman–Crippen LogP) is 4.37. The number of aromatic nitrogens is 3. The molecule has 0 radical (unpaired) electrons. The molecule has 1 N–H and O–H groups in total. The van der Waals surface area contributed by atoms with Crippen LogP contribution in [0.1, 0.15) is 30.1 Å². The van der Waals surface area contributed by atoms with E-state index in [9.17, 15) is 8.42 Å². The molecule has 0 fully saturated rings. The van der Waals surface area contributed by atoms with Crippen LogP contribution in [0.25, 0.3) is 10.9 Å². The summed E-state index contributed by atoms with van der Waals surface area (Å²) in [5.41, 5.74) is 2.44. The van der Waals surface area contributed by atoms with Crippen molar-refractivity contribution in [2.24, 2.45) is 0 Å². The number of nitrogens with one attached hydrogen (secondary N) is 1. The second-order valence-corrected chi connectivity index (χ2v) is 10.5. The molecule has 2 aromatic heterocycles. The molecule has 0 aliphatic heterocycles. The van der Waals surface area contributed by atoms with Crippen molar-refractivity contribution in [2.45, 2.75) is 37.0 Å². The molecule has 2 heterocycles. The summed E-state index contributed by atoms with van der Waals surface area (Å²) in [6.45, 7) is 3.68. The van der Waals surface area contributed by atoms with Crippen LogP contribution in [0.2, 0.25) is 0 Å². The first kappa shape index (κ1) is 19.6. The zero-order chi connectivity index (χ0) is 20.4. The number of hydrogen-bond donors (Lipinski definition) is 1. The Hall–Kier alpha value is -2.71. The van der Waals surface area contributed by atoms with Gasteiger partial charge in [0.1, 0.15) is 17.9 Å². The standard InChI is InChI=1S/C21H21N3O3S2/c1-14(2)29(25,26)16-10-17-18(12-20-22-8-9-28-20)23-24-21(17)19(11-16)27-13-15-6-4-3-5-7-15/h3-11,14H,12-13H2,1-2H3,(H,23,24). The zero-order valence-electron chi connectivity index (χ0n) is 16.1. The highest BCUT2D eigenvalue weighted by Gasteiger charge is 2.23. The maximum atomic E-state index is 12.9. The summed E-state index contributed by atoms with van der Waals surface area (Å²) in [7, 11) is -3.47. The van der Waals surface area contributed by atoms with Crippen LogP contribution >= 0.6 is 11.3 Å². The first-order valence-corrected chi connectivity index (χ1v) is 11.7. The Morgan fingerprint density at radius 1 is 1.17 bits per heavy atom. The molecule has 0 amide bonds. The van der Waals surface area contributed by atoms with Gasteiger partial charge in [-0.1, -0.05) is 30.3 Å². The Morgan fingerprint density at radius 2 is 1.97 bits per heavy atom. The van der Waals surface area contributed by atoms with E-state index in [2.05, 4.69) is 15.2 Å². The molecule has 6 nitrogen and oxygen atoms in total. The van der Waals surface area contributed by atoms with E-state index in [0.717, 1.165) is 21.7 Å². The van der Waals surface area contributed by atoms with Crippen molar-refractivity contribution < 1.29 is 13.2 Å². The number of fused-ring (bicyclic) bond motifs is 1. The van der Waals surface area contributed by atoms with Crippen LogP contribution in [0.3, 0.4) is 0 Å². The highest BCUT2D eigenvalue weighted by molar-refractivity contribution is 7.92. The van der Waals surface area contributed by atoms with Crippen LogP contribution in [0.4, 0.5) is 0 Å². The molecule has 4 aromatic rings. The van der Waals surface area contributed by atoms with Gasteiger partial charge >= 0.3 is 0 Å². The highest BCUT2D eigenvalue weighted by atomic mass is 32.2. The third kappa shape index (κ3) is 4.04. The van der Waals surface area contributed by atoms with E-state index in [1.54, 1.807) is 43.5 Å². The summed E-state index contributed by atoms with van der Waals surface area (Å²) >= 11 is 1.55. The van der Waals surface area contributed by atoms with E-state index in [1.807, 2.05) is 35.7 Å². The minimum Gasteiger partial charge on any atom is -0.487 e. The van der Waals surface area contributed by atoms with Gasteiger partial charge in [0.05, 0.1) is 20.8 Å². The Morgan fingerprint density at radius 3 is 2.66 bits per heavy atom. The fraction of sp³-hybridized carbons (Fsp3) is 0.238. The molecule has 0 unspecified atom stereocenters. The molecular formula is C21H21N3O3S2. The number of aromatic amines is 1. The normalized spacial score (nSPS) is 12.0. The summed E-state index contributed by atoms with van der Waals surface area (Å²) in [4.78, 5) is 4.56. The Kier molecular flexibility index (Phi) is 5.38. The second kappa shape index (κ2) is 7.96. The van der Waals surface area contributed by atoms with Gasteiger partial charge < -0.3 is 4.74 Å². The summed E-state index contributed by atoms with van der Waals surface area (Å²) < 4.78 is 31.7. The van der Waals surface area contributed by atoms with E-state index in [0.29, 0.717) is 24.3 Å². The van der Waals surface area contributed by atoms with Gasteiger partial charge in [-0.2, -0.15) is 5.10 Å². The fourth-order valence-corrected chi connectivity index (χ4v) is 4.75. The van der Waals surface area contributed by atoms with Gasteiger partial charge in [-0.3, -0.25) is 5.10 Å². The number of hydrogen-bond acceptors (Lipinski definition) is 6. The van der Waals surface area contributed by atoms with Gasteiger partial charge in [0, 0.05) is 29.5 Å². The maximum absolute atomic E-state index is 12.9. The highest BCUT2D eigenvalue weighted by Crippen LogP contribution is 2.33. The lowest BCUT2D eigenvalue weighted by atomic mass is 10.1. The van der Waals surface area contributed by atoms with Crippen LogP contribution in [0, 0.1) is 0 Å². The van der Waals surface area contributed by atoms with Gasteiger partial charge in [-0.05, 0) is 25.5 Å². The molecule has 29 heavy (non-hydrogen) atoms. The van der Waals surface area contributed by atoms with Gasteiger partial charge in [0.15, 0.2) is 9.84 Å². The first-order chi connectivity index (χ1) is 13.9. The van der Waals surface area contributed by atoms with Crippen molar-refractivity contribution in [3.63, 3.8) is 0 Å². The minimum absolute atomic E-state index is 0.241. The topological polar surface area (TPSA) is 84.9 Å². The van der Waals surface area contributed by atoms with Crippen LogP contribution < -0.4 is 4.74 Å². The van der Waals surface area contributed by atoms with Crippen molar-refractivity contribution in [3.8, 4) is 5.75 Å². The largest absolute Gasteiger partial charge is 0.487 e. The van der Waals surface area contributed by atoms with Gasteiger partial charge in [-0.25, -0.2) is 13.4 Å². The third-order valence-electron chi connectivity index (χ3n) is 4.67. The maximum Gasteiger partial charge on any atom is 0.180 e. The lowest BCUT2D eigenvalue weighted by Crippen LogP contribution is -2.14. The minimum atomic E-state index is -3.47. The van der Waals surface area contributed by atoms with Crippen LogP contribution in [0.15, 0.2) is 58.9 Å². The molecule has 0 aliphatic rings. The SMILES string of the molecule is CC(C)S(=O)(=O)c1cc(OCc2ccccc2)c2n[nH]c(Cc3nccs3)c2c1. The van der Waals surface area contributed by atoms with Gasteiger partial charge in [0.25, 0.3) is 0 Å². The number of sulfone groups is 1. The molecule has 0 saturated heterocycles. The van der Waals surface area contributed by atoms with E-state index in [1.165, 1.54) is 0 Å². The Bertz CT molecular complexity index is 1220. The molecule has 8 heteroatoms. The lowest BCUT2D eigenvalue weighted by Gasteiger charge is -2.12. The average molecular weight is 428 g/mol. The average Bonchev–Trinajstić information content (AvgIpc) is 3.37. The lowest BCUT2D eigenvalue weighted by molar-refractivity contribution is 0.308. The fourth-order valence-electron chi connectivity index (χ4n) is 3.02. The number of nitrogens with zero attached hydrogens (tertiary/aromatic N) is 2. The molecule has 0 saturated carbocycles. The van der Waals surface area contributed by atoms with Gasteiger partial charge in [-0.15, -0.1) is 11.3 Å². The Balaban J connectivity index is 1.79. The van der Waals surface area contributed by atoms with E-state index >= 15 is 0 Å². The molecular weight excluding hydrogens is 406 g/mol. The molecule has 4 rings (SSSR count). The van der Waals surface area contributed by atoms with Gasteiger partial charge in [0.2, 0.25) is 0 Å². The van der Waals surface area contributed by atoms with E-state index in [4.69, 9.17) is 4.74 Å². The number of ether oxygens (including phenoxy) is 1. The predicted molar refractivity (Wildman–Crippen MR) is 114 cm³/mol. The molecule has 150 valence electrons. The molecule has 0 spiro atoms. The zero-order valence-corrected chi connectivity index (χ0v) is 17.8. The molecule has 0 atom stereocenters. The van der Waals surface area contributed by atoms with Crippen LogP contribution in [0.5, 0.6) is 5.75 Å². The van der Waals surface area contributed by atoms with Crippen molar-refractivity contribution in [1.82, 2.24) is 15.2 Å². The first-order valence-electron chi connectivity index (χ1n) is 9.25. The smallest absolute Gasteiger partial charge is 0.180 e. The van der Waals surface area contributed by atoms with Crippen molar-refractivity contribution in [1.29, 1.82) is 0 Å². The molecule has 2 aromatic carbocycles. The third-order valence-corrected chi connectivity index (χ3v) is 7.59. The van der Waals surface area contributed by atoms with E-state index < -0.39 is 15.1 Å². The van der Waals surface area contributed by atoms with Crippen molar-refractivity contribution in [3.05, 3.63) is 70.3 Å². The van der Waals surface area contributed by atoms with Crippen LogP contribution in [-0.2, 0) is 22.9 Å². The number of benzene rings is 2. The quantitative estimate of drug-likeness (QED) is 0.473. The van der Waals surface area contributed by atoms with E-state index in [-0.39, 0.29) is 4.90 Å². The number of rotatable bonds is 7. The number of thiazole rings is 1. The summed E-state index contributed by atoms with van der Waals surface area (Å²) in [5, 5.41) is 10.5. The monoisotopic (exact) mass is 427 g/mol. The Labute approximate surface area is 173 Å². The summed E-state index contributed by atoms with van der Waals surface area (Å²) in [6.07, 6.45) is 2.30. The molecule has 0 bridgehead atoms. The summed E-state index contributed by atoms with van der Waals surface area (Å²) in [6, 6.07) is 13.0. The van der Waals surface area contributed by atoms with Crippen molar-refractivity contribution in [2.75, 3.05) is 0 Å². The van der Waals surface area contributed by atoms with Crippen LogP contribution in [-0.4, -0.2) is 28.8 Å². The number of H-pyrrole nitrogens is 1. The summed E-state index contributed by atoms with van der Waals surface area (Å²) in [5.74, 6) is 0.451.